The molecule has 2 saturated carbocycles. The van der Waals surface area contributed by atoms with Gasteiger partial charge >= 0.3 is 0 Å². The molecule has 5 nitrogen and oxygen atoms in total. The number of carbonyl (C=O) groups is 1. The minimum Gasteiger partial charge on any atom is -0.378 e. The lowest BCUT2D eigenvalue weighted by atomic mass is 9.55. The fourth-order valence-corrected chi connectivity index (χ4v) is 4.49. The average Bonchev–Trinajstić information content (AvgIpc) is 2.55. The molecule has 3 atom stereocenters. The number of nitrogens with one attached hydrogen (secondary N) is 2. The van der Waals surface area contributed by atoms with Crippen molar-refractivity contribution in [2.75, 3.05) is 26.4 Å². The Hall–Kier alpha value is -0.360. The van der Waals surface area contributed by atoms with Crippen molar-refractivity contribution in [2.24, 2.45) is 5.41 Å². The zero-order valence-electron chi connectivity index (χ0n) is 14.1. The molecule has 6 heteroatoms. The van der Waals surface area contributed by atoms with Gasteiger partial charge in [0.1, 0.15) is 0 Å². The molecular weight excluding hydrogens is 316 g/mol. The summed E-state index contributed by atoms with van der Waals surface area (Å²) in [6.45, 7) is 5.08. The Labute approximate surface area is 145 Å². The first-order valence-electron chi connectivity index (χ1n) is 8.96. The number of morpholine rings is 1. The van der Waals surface area contributed by atoms with Crippen LogP contribution in [0.1, 0.15) is 51.9 Å². The van der Waals surface area contributed by atoms with Gasteiger partial charge in [0.25, 0.3) is 0 Å². The van der Waals surface area contributed by atoms with Gasteiger partial charge in [0.2, 0.25) is 5.91 Å². The van der Waals surface area contributed by atoms with E-state index in [0.29, 0.717) is 25.2 Å². The van der Waals surface area contributed by atoms with Crippen LogP contribution < -0.4 is 10.6 Å². The van der Waals surface area contributed by atoms with Crippen LogP contribution in [-0.4, -0.2) is 50.5 Å². The van der Waals surface area contributed by atoms with Gasteiger partial charge < -0.3 is 20.1 Å². The third-order valence-corrected chi connectivity index (χ3v) is 5.70. The van der Waals surface area contributed by atoms with Crippen LogP contribution in [0.3, 0.4) is 0 Å². The van der Waals surface area contributed by atoms with Crippen LogP contribution >= 0.6 is 12.4 Å². The molecular formula is C17H31ClN2O3. The highest BCUT2D eigenvalue weighted by Crippen LogP contribution is 2.53. The number of rotatable bonds is 5. The molecule has 0 aromatic heterocycles. The van der Waals surface area contributed by atoms with Crippen molar-refractivity contribution < 1.29 is 14.3 Å². The van der Waals surface area contributed by atoms with E-state index in [1.807, 2.05) is 0 Å². The Morgan fingerprint density at radius 1 is 1.35 bits per heavy atom. The average molecular weight is 347 g/mol. The van der Waals surface area contributed by atoms with Gasteiger partial charge in [0.15, 0.2) is 0 Å². The van der Waals surface area contributed by atoms with E-state index in [1.165, 1.54) is 32.1 Å². The van der Waals surface area contributed by atoms with E-state index in [2.05, 4.69) is 17.6 Å². The van der Waals surface area contributed by atoms with Crippen molar-refractivity contribution >= 4 is 18.3 Å². The molecule has 1 heterocycles. The maximum Gasteiger partial charge on any atom is 0.221 e. The Kier molecular flexibility index (Phi) is 7.14. The number of ether oxygens (including phenoxy) is 2. The summed E-state index contributed by atoms with van der Waals surface area (Å²) in [7, 11) is 0. The van der Waals surface area contributed by atoms with Crippen LogP contribution in [0, 0.1) is 5.41 Å². The van der Waals surface area contributed by atoms with E-state index in [1.54, 1.807) is 0 Å². The topological polar surface area (TPSA) is 59.6 Å². The second-order valence-corrected chi connectivity index (χ2v) is 7.02. The quantitative estimate of drug-likeness (QED) is 0.799. The predicted octanol–water partition coefficient (Wildman–Crippen LogP) is 2.03. The molecule has 0 bridgehead atoms. The summed E-state index contributed by atoms with van der Waals surface area (Å²) in [5, 5.41) is 6.65. The minimum atomic E-state index is 0. The van der Waals surface area contributed by atoms with Gasteiger partial charge in [0.05, 0.1) is 19.3 Å². The lowest BCUT2D eigenvalue weighted by molar-refractivity contribution is -0.157. The van der Waals surface area contributed by atoms with E-state index in [0.717, 1.165) is 26.2 Å². The monoisotopic (exact) mass is 346 g/mol. The maximum atomic E-state index is 12.4. The van der Waals surface area contributed by atoms with Crippen molar-refractivity contribution in [1.29, 1.82) is 0 Å². The summed E-state index contributed by atoms with van der Waals surface area (Å²) in [5.74, 6) is 0.160. The second-order valence-electron chi connectivity index (χ2n) is 7.02. The molecule has 3 fully saturated rings. The molecule has 0 aromatic carbocycles. The number of halogens is 1. The maximum absolute atomic E-state index is 12.4. The SMILES string of the molecule is CCOC1CC(NC(=O)CC2COCCN2)C12CCCCC2.Cl. The van der Waals surface area contributed by atoms with E-state index >= 15 is 0 Å². The van der Waals surface area contributed by atoms with Crippen LogP contribution in [0.25, 0.3) is 0 Å². The molecule has 0 aromatic rings. The summed E-state index contributed by atoms with van der Waals surface area (Å²) in [5.41, 5.74) is 0.209. The van der Waals surface area contributed by atoms with Gasteiger partial charge in [-0.05, 0) is 26.2 Å². The minimum absolute atomic E-state index is 0. The first-order chi connectivity index (χ1) is 10.7. The molecule has 1 saturated heterocycles. The molecule has 23 heavy (non-hydrogen) atoms. The van der Waals surface area contributed by atoms with E-state index in [9.17, 15) is 4.79 Å². The summed E-state index contributed by atoms with van der Waals surface area (Å²) in [4.78, 5) is 12.4. The second kappa shape index (κ2) is 8.65. The molecule has 1 spiro atoms. The van der Waals surface area contributed by atoms with Gasteiger partial charge in [-0.15, -0.1) is 12.4 Å². The van der Waals surface area contributed by atoms with Crippen LogP contribution in [0.5, 0.6) is 0 Å². The predicted molar refractivity (Wildman–Crippen MR) is 92.0 cm³/mol. The number of amides is 1. The smallest absolute Gasteiger partial charge is 0.221 e. The van der Waals surface area contributed by atoms with Crippen molar-refractivity contribution in [3.05, 3.63) is 0 Å². The van der Waals surface area contributed by atoms with Gasteiger partial charge in [-0.3, -0.25) is 4.79 Å². The van der Waals surface area contributed by atoms with E-state index in [-0.39, 0.29) is 29.8 Å². The first kappa shape index (κ1) is 19.0. The molecule has 2 aliphatic carbocycles. The normalized spacial score (nSPS) is 32.7. The summed E-state index contributed by atoms with van der Waals surface area (Å²) < 4.78 is 11.4. The standard InChI is InChI=1S/C17H30N2O3.ClH/c1-2-22-15-11-14(17(15)6-4-3-5-7-17)19-16(20)10-13-12-21-9-8-18-13;/h13-15,18H,2-12H2,1H3,(H,19,20);1H. The highest BCUT2D eigenvalue weighted by atomic mass is 35.5. The highest BCUT2D eigenvalue weighted by Gasteiger charge is 2.56. The zero-order valence-corrected chi connectivity index (χ0v) is 15.0. The lowest BCUT2D eigenvalue weighted by Crippen LogP contribution is -2.65. The molecule has 1 amide bonds. The fourth-order valence-electron chi connectivity index (χ4n) is 4.49. The van der Waals surface area contributed by atoms with Crippen LogP contribution in [0.4, 0.5) is 0 Å². The van der Waals surface area contributed by atoms with Crippen LogP contribution in [0.2, 0.25) is 0 Å². The molecule has 2 N–H and O–H groups in total. The Balaban J connectivity index is 0.00000192. The summed E-state index contributed by atoms with van der Waals surface area (Å²) >= 11 is 0. The largest absolute Gasteiger partial charge is 0.378 e. The Morgan fingerprint density at radius 3 is 2.78 bits per heavy atom. The molecule has 1 aliphatic heterocycles. The lowest BCUT2D eigenvalue weighted by Gasteiger charge is -2.57. The van der Waals surface area contributed by atoms with Crippen molar-refractivity contribution in [2.45, 2.75) is 70.1 Å². The number of hydrogen-bond donors (Lipinski definition) is 2. The molecule has 3 aliphatic rings. The van der Waals surface area contributed by atoms with Gasteiger partial charge in [-0.25, -0.2) is 0 Å². The molecule has 3 unspecified atom stereocenters. The fraction of sp³-hybridized carbons (Fsp3) is 0.941. The Morgan fingerprint density at radius 2 is 2.13 bits per heavy atom. The van der Waals surface area contributed by atoms with Gasteiger partial charge in [-0.1, -0.05) is 19.3 Å². The van der Waals surface area contributed by atoms with Gasteiger partial charge in [0, 0.05) is 37.1 Å². The van der Waals surface area contributed by atoms with Crippen LogP contribution in [0.15, 0.2) is 0 Å². The van der Waals surface area contributed by atoms with Crippen molar-refractivity contribution in [1.82, 2.24) is 10.6 Å². The highest BCUT2D eigenvalue weighted by molar-refractivity contribution is 5.85. The summed E-state index contributed by atoms with van der Waals surface area (Å²) in [6.07, 6.45) is 8.12. The molecule has 3 rings (SSSR count). The first-order valence-corrected chi connectivity index (χ1v) is 8.96. The van der Waals surface area contributed by atoms with Crippen molar-refractivity contribution in [3.8, 4) is 0 Å². The molecule has 134 valence electrons. The third-order valence-electron chi connectivity index (χ3n) is 5.70. The van der Waals surface area contributed by atoms with Crippen molar-refractivity contribution in [3.63, 3.8) is 0 Å². The number of carbonyl (C=O) groups excluding carboxylic acids is 1. The Bertz CT molecular complexity index is 382. The van der Waals surface area contributed by atoms with E-state index < -0.39 is 0 Å². The zero-order chi connectivity index (χ0) is 15.4. The number of hydrogen-bond acceptors (Lipinski definition) is 4. The van der Waals surface area contributed by atoms with E-state index in [4.69, 9.17) is 9.47 Å². The van der Waals surface area contributed by atoms with Gasteiger partial charge in [-0.2, -0.15) is 0 Å². The molecule has 0 radical (unpaired) electrons. The summed E-state index contributed by atoms with van der Waals surface area (Å²) in [6, 6.07) is 0.472. The van der Waals surface area contributed by atoms with Crippen LogP contribution in [-0.2, 0) is 14.3 Å². The third kappa shape index (κ3) is 4.19.